The molecule has 106 valence electrons. The molecule has 0 aliphatic heterocycles. The fourth-order valence-electron chi connectivity index (χ4n) is 0.805. The molecule has 9 heteroatoms. The molecule has 0 radical (unpaired) electrons. The Hall–Kier alpha value is -1.71. The molecule has 0 aliphatic carbocycles. The highest BCUT2D eigenvalue weighted by atomic mass is 16.4. The fraction of sp³-hybridized carbons (Fsp3) is 0.667. The summed E-state index contributed by atoms with van der Waals surface area (Å²) in [6, 6.07) is -1.86. The quantitative estimate of drug-likeness (QED) is 0.302. The third-order valence-electron chi connectivity index (χ3n) is 1.84. The van der Waals surface area contributed by atoms with Crippen LogP contribution in [0.3, 0.4) is 0 Å². The Bertz CT molecular complexity index is 263. The van der Waals surface area contributed by atoms with Gasteiger partial charge in [-0.3, -0.25) is 14.4 Å². The Morgan fingerprint density at radius 3 is 1.33 bits per heavy atom. The van der Waals surface area contributed by atoms with Crippen molar-refractivity contribution in [2.45, 2.75) is 31.3 Å². The van der Waals surface area contributed by atoms with Gasteiger partial charge in [0.2, 0.25) is 0 Å². The molecule has 2 atom stereocenters. The zero-order valence-electron chi connectivity index (χ0n) is 9.78. The van der Waals surface area contributed by atoms with Gasteiger partial charge in [-0.15, -0.1) is 0 Å². The van der Waals surface area contributed by atoms with E-state index in [0.717, 1.165) is 0 Å². The van der Waals surface area contributed by atoms with Gasteiger partial charge in [0.25, 0.3) is 0 Å². The minimum Gasteiger partial charge on any atom is -0.480 e. The zero-order valence-corrected chi connectivity index (χ0v) is 9.78. The Labute approximate surface area is 104 Å². The molecule has 0 bridgehead atoms. The third-order valence-corrected chi connectivity index (χ3v) is 1.84. The second-order valence-electron chi connectivity index (χ2n) is 3.42. The largest absolute Gasteiger partial charge is 0.480 e. The first-order valence-corrected chi connectivity index (χ1v) is 5.11. The van der Waals surface area contributed by atoms with Crippen LogP contribution in [0.15, 0.2) is 0 Å². The van der Waals surface area contributed by atoms with E-state index in [-0.39, 0.29) is 19.4 Å². The number of carbonyl (C=O) groups is 3. The van der Waals surface area contributed by atoms with Gasteiger partial charge in [-0.1, -0.05) is 0 Å². The standard InChI is InChI=1S/C7H14N2O4.C2H5NO2/c8-4(6(10)11)2-1-3-5(9)7(12)13;3-1-2(4)5/h4-5H,1-3,8-9H2,(H,10,11)(H,12,13);1,3H2,(H,4,5). The van der Waals surface area contributed by atoms with Crippen LogP contribution in [0.1, 0.15) is 19.3 Å². The van der Waals surface area contributed by atoms with Gasteiger partial charge in [-0.05, 0) is 19.3 Å². The van der Waals surface area contributed by atoms with E-state index >= 15 is 0 Å². The normalized spacial score (nSPS) is 12.8. The number of hydrogen-bond acceptors (Lipinski definition) is 6. The molecule has 9 N–H and O–H groups in total. The van der Waals surface area contributed by atoms with Crippen LogP contribution in [0.5, 0.6) is 0 Å². The molecule has 0 aromatic heterocycles. The molecule has 0 aliphatic rings. The van der Waals surface area contributed by atoms with Crippen molar-refractivity contribution < 1.29 is 29.7 Å². The summed E-state index contributed by atoms with van der Waals surface area (Å²) in [6.45, 7) is -0.278. The third kappa shape index (κ3) is 12.4. The van der Waals surface area contributed by atoms with E-state index in [4.69, 9.17) is 26.8 Å². The first-order valence-electron chi connectivity index (χ1n) is 5.11. The van der Waals surface area contributed by atoms with Crippen molar-refractivity contribution in [1.29, 1.82) is 0 Å². The minimum absolute atomic E-state index is 0.246. The van der Waals surface area contributed by atoms with Gasteiger partial charge in [0, 0.05) is 0 Å². The smallest absolute Gasteiger partial charge is 0.320 e. The van der Waals surface area contributed by atoms with Crippen LogP contribution >= 0.6 is 0 Å². The number of nitrogens with two attached hydrogens (primary N) is 3. The summed E-state index contributed by atoms with van der Waals surface area (Å²) < 4.78 is 0. The maximum Gasteiger partial charge on any atom is 0.320 e. The number of carboxylic acid groups (broad SMARTS) is 3. The SMILES string of the molecule is NC(CCCC(N)C(=O)O)C(=O)O.NCC(=O)O. The van der Waals surface area contributed by atoms with Crippen molar-refractivity contribution >= 4 is 17.9 Å². The van der Waals surface area contributed by atoms with Crippen molar-refractivity contribution in [3.05, 3.63) is 0 Å². The van der Waals surface area contributed by atoms with Gasteiger partial charge in [-0.2, -0.15) is 0 Å². The lowest BCUT2D eigenvalue weighted by atomic mass is 10.1. The molecule has 0 saturated carbocycles. The Morgan fingerprint density at radius 1 is 0.889 bits per heavy atom. The number of aliphatic carboxylic acids is 3. The number of carboxylic acids is 3. The molecule has 0 aromatic carbocycles. The summed E-state index contributed by atoms with van der Waals surface area (Å²) in [5.41, 5.74) is 15.0. The summed E-state index contributed by atoms with van der Waals surface area (Å²) in [7, 11) is 0. The maximum absolute atomic E-state index is 10.2. The molecule has 18 heavy (non-hydrogen) atoms. The average Bonchev–Trinajstić information content (AvgIpc) is 2.28. The zero-order chi connectivity index (χ0) is 14.7. The van der Waals surface area contributed by atoms with E-state index in [2.05, 4.69) is 5.73 Å². The molecule has 0 aromatic rings. The topological polar surface area (TPSA) is 190 Å². The lowest BCUT2D eigenvalue weighted by Crippen LogP contribution is -2.33. The molecule has 0 rings (SSSR count). The van der Waals surface area contributed by atoms with E-state index in [1.165, 1.54) is 0 Å². The monoisotopic (exact) mass is 265 g/mol. The lowest BCUT2D eigenvalue weighted by molar-refractivity contribution is -0.139. The van der Waals surface area contributed by atoms with Crippen LogP contribution in [0.25, 0.3) is 0 Å². The van der Waals surface area contributed by atoms with Gasteiger partial charge >= 0.3 is 17.9 Å². The molecular formula is C9H19N3O6. The van der Waals surface area contributed by atoms with Crippen LogP contribution in [-0.4, -0.2) is 51.9 Å². The van der Waals surface area contributed by atoms with Crippen LogP contribution in [0.4, 0.5) is 0 Å². The summed E-state index contributed by atoms with van der Waals surface area (Å²) >= 11 is 0. The molecule has 0 saturated heterocycles. The predicted molar refractivity (Wildman–Crippen MR) is 61.8 cm³/mol. The molecule has 0 heterocycles. The van der Waals surface area contributed by atoms with E-state index in [1.807, 2.05) is 0 Å². The van der Waals surface area contributed by atoms with Gasteiger partial charge in [-0.25, -0.2) is 0 Å². The summed E-state index contributed by atoms with van der Waals surface area (Å²) in [4.78, 5) is 29.7. The Balaban J connectivity index is 0. The van der Waals surface area contributed by atoms with Gasteiger partial charge < -0.3 is 32.5 Å². The summed E-state index contributed by atoms with van der Waals surface area (Å²) in [5, 5.41) is 24.4. The van der Waals surface area contributed by atoms with Crippen LogP contribution in [-0.2, 0) is 14.4 Å². The molecule has 9 nitrogen and oxygen atoms in total. The molecule has 2 unspecified atom stereocenters. The predicted octanol–water partition coefficient (Wildman–Crippen LogP) is -1.99. The van der Waals surface area contributed by atoms with Crippen molar-refractivity contribution in [2.75, 3.05) is 6.54 Å². The highest BCUT2D eigenvalue weighted by Crippen LogP contribution is 2.01. The van der Waals surface area contributed by atoms with Gasteiger partial charge in [0.05, 0.1) is 6.54 Å². The highest BCUT2D eigenvalue weighted by molar-refractivity contribution is 5.73. The minimum atomic E-state index is -1.08. The Kier molecular flexibility index (Phi) is 10.8. The average molecular weight is 265 g/mol. The van der Waals surface area contributed by atoms with Crippen molar-refractivity contribution in [3.8, 4) is 0 Å². The van der Waals surface area contributed by atoms with Crippen molar-refractivity contribution in [2.24, 2.45) is 17.2 Å². The van der Waals surface area contributed by atoms with Crippen molar-refractivity contribution in [1.82, 2.24) is 0 Å². The highest BCUT2D eigenvalue weighted by Gasteiger charge is 2.14. The summed E-state index contributed by atoms with van der Waals surface area (Å²) in [5.74, 6) is -3.13. The van der Waals surface area contributed by atoms with Crippen molar-refractivity contribution in [3.63, 3.8) is 0 Å². The number of rotatable bonds is 7. The first-order chi connectivity index (χ1) is 8.22. The van der Waals surface area contributed by atoms with Gasteiger partial charge in [0.1, 0.15) is 12.1 Å². The van der Waals surface area contributed by atoms with Crippen LogP contribution < -0.4 is 17.2 Å². The van der Waals surface area contributed by atoms with E-state index in [0.29, 0.717) is 6.42 Å². The van der Waals surface area contributed by atoms with Gasteiger partial charge in [0.15, 0.2) is 0 Å². The first kappa shape index (κ1) is 18.6. The maximum atomic E-state index is 10.2. The number of hydrogen-bond donors (Lipinski definition) is 6. The molecule has 0 fully saturated rings. The summed E-state index contributed by atoms with van der Waals surface area (Å²) in [6.07, 6.45) is 0.896. The van der Waals surface area contributed by atoms with Crippen LogP contribution in [0, 0.1) is 0 Å². The van der Waals surface area contributed by atoms with E-state index < -0.39 is 30.0 Å². The molecular weight excluding hydrogens is 246 g/mol. The van der Waals surface area contributed by atoms with E-state index in [9.17, 15) is 14.4 Å². The molecule has 0 amide bonds. The van der Waals surface area contributed by atoms with Crippen LogP contribution in [0.2, 0.25) is 0 Å². The second-order valence-corrected chi connectivity index (χ2v) is 3.42. The lowest BCUT2D eigenvalue weighted by Gasteiger charge is -2.07. The van der Waals surface area contributed by atoms with E-state index in [1.54, 1.807) is 0 Å². The second kappa shape index (κ2) is 10.4. The molecule has 0 spiro atoms. The fourth-order valence-corrected chi connectivity index (χ4v) is 0.805. The Morgan fingerprint density at radius 2 is 1.17 bits per heavy atom.